The lowest BCUT2D eigenvalue weighted by Gasteiger charge is -2.18. The third-order valence-electron chi connectivity index (χ3n) is 4.63. The number of nitrogens with zero attached hydrogens (tertiary/aromatic N) is 2. The van der Waals surface area contributed by atoms with E-state index in [9.17, 15) is 9.59 Å². The smallest absolute Gasteiger partial charge is 0.232 e. The van der Waals surface area contributed by atoms with Crippen LogP contribution in [-0.4, -0.2) is 40.4 Å². The van der Waals surface area contributed by atoms with Gasteiger partial charge in [0.05, 0.1) is 21.4 Å². The summed E-state index contributed by atoms with van der Waals surface area (Å²) in [4.78, 5) is 32.4. The molecule has 168 valence electrons. The largest absolute Gasteiger partial charge is 0.382 e. The molecule has 0 aliphatic carbocycles. The molecule has 1 aromatic heterocycles. The minimum absolute atomic E-state index is 0.112. The second-order valence-electron chi connectivity index (χ2n) is 6.66. The third kappa shape index (κ3) is 5.75. The molecule has 0 aliphatic rings. The van der Waals surface area contributed by atoms with E-state index in [0.717, 1.165) is 21.9 Å². The number of thiazole rings is 1. The summed E-state index contributed by atoms with van der Waals surface area (Å²) < 4.78 is 0. The highest BCUT2D eigenvalue weighted by Crippen LogP contribution is 2.34. The van der Waals surface area contributed by atoms with Crippen molar-refractivity contribution < 1.29 is 9.59 Å². The lowest BCUT2D eigenvalue weighted by atomic mass is 10.1. The van der Waals surface area contributed by atoms with Crippen LogP contribution in [0.4, 0.5) is 16.6 Å². The summed E-state index contributed by atoms with van der Waals surface area (Å²) in [5.74, 6) is 0.262. The van der Waals surface area contributed by atoms with Gasteiger partial charge in [-0.1, -0.05) is 40.6 Å². The van der Waals surface area contributed by atoms with E-state index in [2.05, 4.69) is 10.3 Å². The van der Waals surface area contributed by atoms with Crippen LogP contribution in [0.3, 0.4) is 0 Å². The Morgan fingerprint density at radius 2 is 1.72 bits per heavy atom. The maximum atomic E-state index is 12.9. The van der Waals surface area contributed by atoms with Gasteiger partial charge in [-0.25, -0.2) is 4.98 Å². The molecule has 32 heavy (non-hydrogen) atoms. The van der Waals surface area contributed by atoms with Gasteiger partial charge in [0.2, 0.25) is 11.7 Å². The number of amides is 1. The van der Waals surface area contributed by atoms with Crippen LogP contribution in [0.15, 0.2) is 47.4 Å². The van der Waals surface area contributed by atoms with Crippen molar-refractivity contribution in [2.75, 3.05) is 29.9 Å². The molecule has 3 rings (SSSR count). The predicted octanol–water partition coefficient (Wildman–Crippen LogP) is 5.97. The fraction of sp³-hybridized carbons (Fsp3) is 0.227. The van der Waals surface area contributed by atoms with E-state index < -0.39 is 0 Å². The third-order valence-corrected chi connectivity index (χ3v) is 7.25. The molecule has 0 radical (unpaired) electrons. The van der Waals surface area contributed by atoms with Crippen molar-refractivity contribution >= 4 is 74.6 Å². The van der Waals surface area contributed by atoms with Gasteiger partial charge in [0.1, 0.15) is 10.7 Å². The molecule has 3 aromatic rings. The maximum Gasteiger partial charge on any atom is 0.232 e. The van der Waals surface area contributed by atoms with Crippen molar-refractivity contribution in [1.82, 2.24) is 9.88 Å². The predicted molar refractivity (Wildman–Crippen MR) is 135 cm³/mol. The van der Waals surface area contributed by atoms with E-state index in [1.165, 1.54) is 11.8 Å². The van der Waals surface area contributed by atoms with Crippen LogP contribution in [0, 0.1) is 0 Å². The molecule has 0 fully saturated rings. The van der Waals surface area contributed by atoms with Crippen LogP contribution in [0.2, 0.25) is 10.0 Å². The quantitative estimate of drug-likeness (QED) is 0.273. The van der Waals surface area contributed by atoms with Gasteiger partial charge in [-0.15, -0.1) is 11.8 Å². The van der Waals surface area contributed by atoms with Crippen molar-refractivity contribution in [1.29, 1.82) is 0 Å². The minimum atomic E-state index is -0.367. The van der Waals surface area contributed by atoms with Crippen molar-refractivity contribution in [3.8, 4) is 0 Å². The fourth-order valence-corrected chi connectivity index (χ4v) is 5.17. The summed E-state index contributed by atoms with van der Waals surface area (Å²) in [6.07, 6.45) is 0. The highest BCUT2D eigenvalue weighted by Gasteiger charge is 2.22. The van der Waals surface area contributed by atoms with Crippen molar-refractivity contribution in [3.63, 3.8) is 0 Å². The summed E-state index contributed by atoms with van der Waals surface area (Å²) in [6.45, 7) is 5.37. The van der Waals surface area contributed by atoms with E-state index >= 15 is 0 Å². The Kier molecular flexibility index (Phi) is 8.42. The number of halogens is 2. The summed E-state index contributed by atoms with van der Waals surface area (Å²) in [7, 11) is 0. The van der Waals surface area contributed by atoms with Crippen LogP contribution in [0.25, 0.3) is 0 Å². The number of carbonyl (C=O) groups excluding carboxylic acids is 2. The van der Waals surface area contributed by atoms with E-state index in [0.29, 0.717) is 24.0 Å². The molecule has 0 saturated carbocycles. The number of hydrogen-bond acceptors (Lipinski definition) is 7. The number of anilines is 3. The average molecular weight is 509 g/mol. The highest BCUT2D eigenvalue weighted by molar-refractivity contribution is 8.00. The average Bonchev–Trinajstić information content (AvgIpc) is 3.13. The second-order valence-corrected chi connectivity index (χ2v) is 9.53. The first kappa shape index (κ1) is 24.4. The number of nitrogens with two attached hydrogens (primary N) is 1. The van der Waals surface area contributed by atoms with E-state index in [1.54, 1.807) is 18.2 Å². The molecule has 0 saturated heterocycles. The second kappa shape index (κ2) is 11.0. The molecule has 0 atom stereocenters. The number of nitrogen functional groups attached to an aromatic ring is 1. The molecular weight excluding hydrogens is 487 g/mol. The highest BCUT2D eigenvalue weighted by atomic mass is 35.5. The van der Waals surface area contributed by atoms with Gasteiger partial charge >= 0.3 is 0 Å². The Labute approximate surface area is 205 Å². The Hall–Kier alpha value is -2.26. The topological polar surface area (TPSA) is 88.3 Å². The van der Waals surface area contributed by atoms with Crippen LogP contribution >= 0.6 is 46.3 Å². The standard InChI is InChI=1S/C22H22Cl2N4O2S2/c1-3-28(4-2)17(29)12-31-14-10-8-13(9-11-14)26-22-27-21(25)20(32-22)19(30)18-15(23)6-5-7-16(18)24/h5-11H,3-4,12,25H2,1-2H3,(H,26,27). The molecule has 2 aromatic carbocycles. The van der Waals surface area contributed by atoms with Gasteiger partial charge in [-0.3, -0.25) is 9.59 Å². The Balaban J connectivity index is 1.67. The summed E-state index contributed by atoms with van der Waals surface area (Å²) in [5.41, 5.74) is 6.98. The molecule has 10 heteroatoms. The van der Waals surface area contributed by atoms with E-state index in [-0.39, 0.29) is 38.0 Å². The van der Waals surface area contributed by atoms with Crippen molar-refractivity contribution in [3.05, 3.63) is 63.0 Å². The molecular formula is C22H22Cl2N4O2S2. The normalized spacial score (nSPS) is 10.8. The number of thioether (sulfide) groups is 1. The Morgan fingerprint density at radius 1 is 1.09 bits per heavy atom. The molecule has 0 bridgehead atoms. The minimum Gasteiger partial charge on any atom is -0.382 e. The number of aromatic nitrogens is 1. The number of nitrogens with one attached hydrogen (secondary N) is 1. The summed E-state index contributed by atoms with van der Waals surface area (Å²) >= 11 is 14.9. The van der Waals surface area contributed by atoms with Gasteiger partial charge in [0.15, 0.2) is 5.13 Å². The first-order chi connectivity index (χ1) is 15.3. The zero-order valence-corrected chi connectivity index (χ0v) is 20.7. The molecule has 0 spiro atoms. The van der Waals surface area contributed by atoms with Crippen LogP contribution in [-0.2, 0) is 4.79 Å². The lowest BCUT2D eigenvalue weighted by molar-refractivity contribution is -0.127. The van der Waals surface area contributed by atoms with Gasteiger partial charge in [-0.2, -0.15) is 0 Å². The number of rotatable bonds is 9. The fourth-order valence-electron chi connectivity index (χ4n) is 2.95. The molecule has 0 aliphatic heterocycles. The van der Waals surface area contributed by atoms with E-state index in [1.807, 2.05) is 43.0 Å². The first-order valence-corrected chi connectivity index (χ1v) is 12.4. The van der Waals surface area contributed by atoms with Gasteiger partial charge in [-0.05, 0) is 50.2 Å². The van der Waals surface area contributed by atoms with Crippen LogP contribution in [0.1, 0.15) is 29.1 Å². The monoisotopic (exact) mass is 508 g/mol. The summed E-state index contributed by atoms with van der Waals surface area (Å²) in [5, 5.41) is 4.15. The number of benzene rings is 2. The summed E-state index contributed by atoms with van der Waals surface area (Å²) in [6, 6.07) is 12.5. The SMILES string of the molecule is CCN(CC)C(=O)CSc1ccc(Nc2nc(N)c(C(=O)c3c(Cl)cccc3Cl)s2)cc1. The Morgan fingerprint density at radius 3 is 2.31 bits per heavy atom. The van der Waals surface area contributed by atoms with E-state index in [4.69, 9.17) is 28.9 Å². The number of ketones is 1. The maximum absolute atomic E-state index is 12.9. The van der Waals surface area contributed by atoms with Crippen molar-refractivity contribution in [2.24, 2.45) is 0 Å². The first-order valence-electron chi connectivity index (χ1n) is 9.86. The van der Waals surface area contributed by atoms with Gasteiger partial charge in [0.25, 0.3) is 0 Å². The molecule has 1 amide bonds. The molecule has 1 heterocycles. The zero-order chi connectivity index (χ0) is 23.3. The zero-order valence-electron chi connectivity index (χ0n) is 17.5. The molecule has 6 nitrogen and oxygen atoms in total. The molecule has 3 N–H and O–H groups in total. The Bertz CT molecular complexity index is 1100. The number of carbonyl (C=O) groups is 2. The van der Waals surface area contributed by atoms with Gasteiger partial charge < -0.3 is 16.0 Å². The lowest BCUT2D eigenvalue weighted by Crippen LogP contribution is -2.31. The van der Waals surface area contributed by atoms with Gasteiger partial charge in [0, 0.05) is 23.7 Å². The van der Waals surface area contributed by atoms with Crippen LogP contribution in [0.5, 0.6) is 0 Å². The van der Waals surface area contributed by atoms with Crippen LogP contribution < -0.4 is 11.1 Å². The molecule has 0 unspecified atom stereocenters. The van der Waals surface area contributed by atoms with Crippen molar-refractivity contribution in [2.45, 2.75) is 18.7 Å². The number of hydrogen-bond donors (Lipinski definition) is 2.